The normalized spacial score (nSPS) is 10.5. The zero-order valence-corrected chi connectivity index (χ0v) is 12.4. The highest BCUT2D eigenvalue weighted by Crippen LogP contribution is 2.30. The van der Waals surface area contributed by atoms with Crippen molar-refractivity contribution in [3.63, 3.8) is 0 Å². The quantitative estimate of drug-likeness (QED) is 0.722. The summed E-state index contributed by atoms with van der Waals surface area (Å²) in [6.07, 6.45) is 3.40. The molecule has 21 heavy (non-hydrogen) atoms. The molecule has 0 aliphatic rings. The summed E-state index contributed by atoms with van der Waals surface area (Å²) in [5.74, 6) is 0.597. The molecule has 0 bridgehead atoms. The lowest BCUT2D eigenvalue weighted by Crippen LogP contribution is -2.12. The Hall–Kier alpha value is -2.24. The van der Waals surface area contributed by atoms with Gasteiger partial charge in [-0.3, -0.25) is 4.98 Å². The number of halogens is 1. The Morgan fingerprint density at radius 1 is 1.10 bits per heavy atom. The summed E-state index contributed by atoms with van der Waals surface area (Å²) < 4.78 is 0. The highest BCUT2D eigenvalue weighted by Gasteiger charge is 2.10. The van der Waals surface area contributed by atoms with E-state index in [1.165, 1.54) is 0 Å². The van der Waals surface area contributed by atoms with Crippen molar-refractivity contribution in [1.29, 1.82) is 0 Å². The summed E-state index contributed by atoms with van der Waals surface area (Å²) in [4.78, 5) is 8.95. The zero-order valence-electron chi connectivity index (χ0n) is 10.9. The monoisotopic (exact) mass is 314 g/mol. The molecule has 0 unspecified atom stereocenters. The van der Waals surface area contributed by atoms with E-state index in [0.29, 0.717) is 16.4 Å². The Morgan fingerprint density at radius 2 is 1.86 bits per heavy atom. The molecule has 0 amide bonds. The summed E-state index contributed by atoms with van der Waals surface area (Å²) in [7, 11) is 0. The van der Waals surface area contributed by atoms with Crippen LogP contribution in [0.1, 0.15) is 5.56 Å². The fourth-order valence-corrected chi connectivity index (χ4v) is 2.45. The molecule has 0 saturated carbocycles. The van der Waals surface area contributed by atoms with Crippen molar-refractivity contribution in [2.24, 2.45) is 5.73 Å². The van der Waals surface area contributed by atoms with Gasteiger partial charge in [0, 0.05) is 17.8 Å². The third-order valence-electron chi connectivity index (χ3n) is 3.04. The fourth-order valence-electron chi connectivity index (χ4n) is 2.07. The predicted molar refractivity (Wildman–Crippen MR) is 90.2 cm³/mol. The number of nitrogens with one attached hydrogen (secondary N) is 1. The number of fused-ring (bicyclic) bond motifs is 1. The van der Waals surface area contributed by atoms with Crippen LogP contribution < -0.4 is 11.1 Å². The standard InChI is InChI=1S/C15H11ClN4S/c16-11-5-6-12(13-9(11)3-1-7-18-13)20-15-10(14(17)21)4-2-8-19-15/h1-8H,(H2,17,21)(H,19,20). The molecule has 3 N–H and O–H groups in total. The summed E-state index contributed by atoms with van der Waals surface area (Å²) in [5.41, 5.74) is 7.97. The number of hydrogen-bond donors (Lipinski definition) is 2. The van der Waals surface area contributed by atoms with E-state index in [0.717, 1.165) is 16.6 Å². The van der Waals surface area contributed by atoms with Crippen molar-refractivity contribution < 1.29 is 0 Å². The maximum absolute atomic E-state index is 6.19. The van der Waals surface area contributed by atoms with E-state index < -0.39 is 0 Å². The van der Waals surface area contributed by atoms with Gasteiger partial charge in [-0.15, -0.1) is 0 Å². The molecular formula is C15H11ClN4S. The highest BCUT2D eigenvalue weighted by atomic mass is 35.5. The van der Waals surface area contributed by atoms with Gasteiger partial charge in [-0.1, -0.05) is 23.8 Å². The van der Waals surface area contributed by atoms with Crippen LogP contribution in [-0.2, 0) is 0 Å². The average Bonchev–Trinajstić information content (AvgIpc) is 2.51. The first-order chi connectivity index (χ1) is 10.2. The molecule has 0 atom stereocenters. The van der Waals surface area contributed by atoms with E-state index in [2.05, 4.69) is 15.3 Å². The minimum atomic E-state index is 0.289. The van der Waals surface area contributed by atoms with E-state index in [-0.39, 0.29) is 4.99 Å². The van der Waals surface area contributed by atoms with Gasteiger partial charge >= 0.3 is 0 Å². The molecule has 3 aromatic rings. The number of rotatable bonds is 3. The maximum Gasteiger partial charge on any atom is 0.140 e. The molecule has 0 fully saturated rings. The fraction of sp³-hybridized carbons (Fsp3) is 0. The largest absolute Gasteiger partial charge is 0.389 e. The first-order valence-corrected chi connectivity index (χ1v) is 7.00. The van der Waals surface area contributed by atoms with Crippen LogP contribution in [0.25, 0.3) is 10.9 Å². The molecule has 0 aliphatic heterocycles. The lowest BCUT2D eigenvalue weighted by molar-refractivity contribution is 1.29. The first kappa shape index (κ1) is 13.7. The molecule has 6 heteroatoms. The number of hydrogen-bond acceptors (Lipinski definition) is 4. The highest BCUT2D eigenvalue weighted by molar-refractivity contribution is 7.80. The Labute approximate surface area is 132 Å². The number of thiocarbonyl (C=S) groups is 1. The Bertz CT molecular complexity index is 835. The minimum Gasteiger partial charge on any atom is -0.389 e. The number of nitrogens with two attached hydrogens (primary N) is 1. The topological polar surface area (TPSA) is 63.8 Å². The van der Waals surface area contributed by atoms with Crippen LogP contribution in [0.4, 0.5) is 11.5 Å². The number of benzene rings is 1. The van der Waals surface area contributed by atoms with Crippen LogP contribution in [0.2, 0.25) is 5.02 Å². The molecule has 3 rings (SSSR count). The number of nitrogens with zero attached hydrogens (tertiary/aromatic N) is 2. The summed E-state index contributed by atoms with van der Waals surface area (Å²) in [5, 5.41) is 4.75. The third kappa shape index (κ3) is 2.66. The van der Waals surface area contributed by atoms with Crippen molar-refractivity contribution >= 4 is 51.2 Å². The summed E-state index contributed by atoms with van der Waals surface area (Å²) in [6.45, 7) is 0. The van der Waals surface area contributed by atoms with Crippen molar-refractivity contribution in [2.75, 3.05) is 5.32 Å². The molecule has 0 aliphatic carbocycles. The third-order valence-corrected chi connectivity index (χ3v) is 3.59. The van der Waals surface area contributed by atoms with E-state index in [4.69, 9.17) is 29.6 Å². The van der Waals surface area contributed by atoms with E-state index in [1.807, 2.05) is 30.3 Å². The lowest BCUT2D eigenvalue weighted by Gasteiger charge is -2.12. The summed E-state index contributed by atoms with van der Waals surface area (Å²) >= 11 is 11.2. The lowest BCUT2D eigenvalue weighted by atomic mass is 10.2. The number of anilines is 2. The van der Waals surface area contributed by atoms with Gasteiger partial charge in [0.25, 0.3) is 0 Å². The van der Waals surface area contributed by atoms with Crippen molar-refractivity contribution in [3.8, 4) is 0 Å². The molecular weight excluding hydrogens is 304 g/mol. The molecule has 2 heterocycles. The van der Waals surface area contributed by atoms with Crippen LogP contribution in [0.5, 0.6) is 0 Å². The van der Waals surface area contributed by atoms with Gasteiger partial charge in [0.2, 0.25) is 0 Å². The molecule has 0 radical (unpaired) electrons. The van der Waals surface area contributed by atoms with Crippen molar-refractivity contribution in [1.82, 2.24) is 9.97 Å². The van der Waals surface area contributed by atoms with Gasteiger partial charge in [0.1, 0.15) is 10.8 Å². The molecule has 2 aromatic heterocycles. The van der Waals surface area contributed by atoms with Crippen molar-refractivity contribution in [3.05, 3.63) is 59.4 Å². The Kier molecular flexibility index (Phi) is 3.68. The van der Waals surface area contributed by atoms with Gasteiger partial charge in [-0.2, -0.15) is 0 Å². The smallest absolute Gasteiger partial charge is 0.140 e. The number of aromatic nitrogens is 2. The number of pyridine rings is 2. The second-order valence-electron chi connectivity index (χ2n) is 4.38. The summed E-state index contributed by atoms with van der Waals surface area (Å²) in [6, 6.07) is 11.1. The van der Waals surface area contributed by atoms with E-state index in [9.17, 15) is 0 Å². The molecule has 0 saturated heterocycles. The van der Waals surface area contributed by atoms with E-state index >= 15 is 0 Å². The zero-order chi connectivity index (χ0) is 14.8. The van der Waals surface area contributed by atoms with Gasteiger partial charge in [-0.25, -0.2) is 4.98 Å². The molecule has 104 valence electrons. The Balaban J connectivity index is 2.11. The van der Waals surface area contributed by atoms with Crippen LogP contribution in [0, 0.1) is 0 Å². The van der Waals surface area contributed by atoms with Crippen LogP contribution in [0.3, 0.4) is 0 Å². The van der Waals surface area contributed by atoms with Crippen LogP contribution in [0.15, 0.2) is 48.8 Å². The predicted octanol–water partition coefficient (Wildman–Crippen LogP) is 3.66. The molecule has 1 aromatic carbocycles. The minimum absolute atomic E-state index is 0.289. The second-order valence-corrected chi connectivity index (χ2v) is 5.23. The first-order valence-electron chi connectivity index (χ1n) is 6.22. The van der Waals surface area contributed by atoms with Gasteiger partial charge in [0.15, 0.2) is 0 Å². The van der Waals surface area contributed by atoms with Gasteiger partial charge < -0.3 is 11.1 Å². The second kappa shape index (κ2) is 5.63. The van der Waals surface area contributed by atoms with Crippen LogP contribution in [-0.4, -0.2) is 15.0 Å². The van der Waals surface area contributed by atoms with Gasteiger partial charge in [0.05, 0.1) is 21.8 Å². The van der Waals surface area contributed by atoms with Crippen molar-refractivity contribution in [2.45, 2.75) is 0 Å². The SMILES string of the molecule is NC(=S)c1cccnc1Nc1ccc(Cl)c2cccnc12. The maximum atomic E-state index is 6.19. The molecule has 4 nitrogen and oxygen atoms in total. The van der Waals surface area contributed by atoms with E-state index in [1.54, 1.807) is 18.5 Å². The van der Waals surface area contributed by atoms with Crippen LogP contribution >= 0.6 is 23.8 Å². The van der Waals surface area contributed by atoms with Gasteiger partial charge in [-0.05, 0) is 36.4 Å². The molecule has 0 spiro atoms. The average molecular weight is 315 g/mol. The Morgan fingerprint density at radius 3 is 2.67 bits per heavy atom.